The third-order valence-electron chi connectivity index (χ3n) is 3.04. The van der Waals surface area contributed by atoms with Gasteiger partial charge in [0.15, 0.2) is 0 Å². The third-order valence-corrected chi connectivity index (χ3v) is 3.04. The summed E-state index contributed by atoms with van der Waals surface area (Å²) in [5, 5.41) is 5.73. The molecule has 0 unspecified atom stereocenters. The molecule has 21 heavy (non-hydrogen) atoms. The van der Waals surface area contributed by atoms with E-state index in [1.54, 1.807) is 37.4 Å². The summed E-state index contributed by atoms with van der Waals surface area (Å²) in [5.74, 6) is -0.880. The fraction of sp³-hybridized carbons (Fsp3) is 0.250. The number of aromatic nitrogens is 1. The molecule has 0 saturated carbocycles. The van der Waals surface area contributed by atoms with Crippen LogP contribution in [0.25, 0.3) is 0 Å². The maximum Gasteiger partial charge on any atom is 0.274 e. The summed E-state index contributed by atoms with van der Waals surface area (Å²) in [6.07, 6.45) is 2.60. The van der Waals surface area contributed by atoms with E-state index in [1.807, 2.05) is 0 Å². The maximum atomic E-state index is 13.7. The van der Waals surface area contributed by atoms with Gasteiger partial charge in [-0.15, -0.1) is 0 Å². The minimum absolute atomic E-state index is 0.192. The average molecular weight is 287 g/mol. The maximum absolute atomic E-state index is 13.7. The molecule has 1 amide bonds. The number of carbonyl (C=O) groups is 1. The van der Waals surface area contributed by atoms with Crippen molar-refractivity contribution < 1.29 is 9.18 Å². The number of anilines is 2. The summed E-state index contributed by atoms with van der Waals surface area (Å²) < 4.78 is 13.7. The smallest absolute Gasteiger partial charge is 0.274 e. The Morgan fingerprint density at radius 3 is 2.71 bits per heavy atom. The SMILES string of the molecule is CCCNc1ccc(C(=O)Nc2c(C)cccc2F)nc1. The molecule has 0 saturated heterocycles. The van der Waals surface area contributed by atoms with Crippen molar-refractivity contribution in [1.29, 1.82) is 0 Å². The van der Waals surface area contributed by atoms with Crippen LogP contribution >= 0.6 is 0 Å². The van der Waals surface area contributed by atoms with E-state index in [9.17, 15) is 9.18 Å². The van der Waals surface area contributed by atoms with Gasteiger partial charge in [-0.2, -0.15) is 0 Å². The first-order valence-corrected chi connectivity index (χ1v) is 6.88. The van der Waals surface area contributed by atoms with Gasteiger partial charge in [-0.25, -0.2) is 9.37 Å². The van der Waals surface area contributed by atoms with Crippen LogP contribution in [-0.4, -0.2) is 17.4 Å². The van der Waals surface area contributed by atoms with Crippen molar-refractivity contribution >= 4 is 17.3 Å². The zero-order chi connectivity index (χ0) is 15.2. The highest BCUT2D eigenvalue weighted by atomic mass is 19.1. The third kappa shape index (κ3) is 3.78. The minimum Gasteiger partial charge on any atom is -0.384 e. The van der Waals surface area contributed by atoms with Crippen LogP contribution in [0.15, 0.2) is 36.5 Å². The Hall–Kier alpha value is -2.43. The molecule has 0 aliphatic rings. The van der Waals surface area contributed by atoms with E-state index in [-0.39, 0.29) is 11.4 Å². The molecule has 2 aromatic rings. The Morgan fingerprint density at radius 2 is 2.10 bits per heavy atom. The van der Waals surface area contributed by atoms with Gasteiger partial charge in [-0.1, -0.05) is 19.1 Å². The largest absolute Gasteiger partial charge is 0.384 e. The Morgan fingerprint density at radius 1 is 1.29 bits per heavy atom. The molecule has 2 rings (SSSR count). The lowest BCUT2D eigenvalue weighted by Crippen LogP contribution is -2.15. The summed E-state index contributed by atoms with van der Waals surface area (Å²) in [6, 6.07) is 8.06. The minimum atomic E-state index is -0.454. The van der Waals surface area contributed by atoms with Crippen molar-refractivity contribution in [2.75, 3.05) is 17.2 Å². The summed E-state index contributed by atoms with van der Waals surface area (Å²) in [5.41, 5.74) is 1.97. The Labute approximate surface area is 123 Å². The molecule has 1 heterocycles. The quantitative estimate of drug-likeness (QED) is 0.883. The molecule has 0 bridgehead atoms. The normalized spacial score (nSPS) is 10.2. The lowest BCUT2D eigenvalue weighted by molar-refractivity contribution is 0.102. The van der Waals surface area contributed by atoms with Gasteiger partial charge >= 0.3 is 0 Å². The van der Waals surface area contributed by atoms with Crippen molar-refractivity contribution in [3.63, 3.8) is 0 Å². The first-order valence-electron chi connectivity index (χ1n) is 6.88. The first kappa shape index (κ1) is 15.0. The van der Waals surface area contributed by atoms with Crippen LogP contribution in [0.4, 0.5) is 15.8 Å². The molecule has 5 heteroatoms. The first-order chi connectivity index (χ1) is 10.1. The van der Waals surface area contributed by atoms with Crippen LogP contribution in [0.3, 0.4) is 0 Å². The van der Waals surface area contributed by atoms with Gasteiger partial charge in [-0.05, 0) is 37.1 Å². The number of nitrogens with one attached hydrogen (secondary N) is 2. The molecule has 0 spiro atoms. The van der Waals surface area contributed by atoms with Gasteiger partial charge < -0.3 is 10.6 Å². The zero-order valence-corrected chi connectivity index (χ0v) is 12.1. The Kier molecular flexibility index (Phi) is 4.87. The second kappa shape index (κ2) is 6.83. The lowest BCUT2D eigenvalue weighted by atomic mass is 10.2. The number of hydrogen-bond acceptors (Lipinski definition) is 3. The number of carbonyl (C=O) groups excluding carboxylic acids is 1. The van der Waals surface area contributed by atoms with E-state index in [1.165, 1.54) is 6.07 Å². The molecular weight excluding hydrogens is 269 g/mol. The Balaban J connectivity index is 2.10. The van der Waals surface area contributed by atoms with Crippen LogP contribution < -0.4 is 10.6 Å². The number of pyridine rings is 1. The molecule has 4 nitrogen and oxygen atoms in total. The summed E-state index contributed by atoms with van der Waals surface area (Å²) >= 11 is 0. The van der Waals surface area contributed by atoms with Gasteiger partial charge in [0, 0.05) is 6.54 Å². The zero-order valence-electron chi connectivity index (χ0n) is 12.1. The van der Waals surface area contributed by atoms with Gasteiger partial charge in [0.25, 0.3) is 5.91 Å². The average Bonchev–Trinajstić information content (AvgIpc) is 2.49. The molecule has 1 aromatic carbocycles. The summed E-state index contributed by atoms with van der Waals surface area (Å²) in [7, 11) is 0. The highest BCUT2D eigenvalue weighted by molar-refractivity contribution is 6.03. The second-order valence-corrected chi connectivity index (χ2v) is 4.74. The number of nitrogens with zero attached hydrogens (tertiary/aromatic N) is 1. The van der Waals surface area contributed by atoms with E-state index in [0.717, 1.165) is 18.7 Å². The van der Waals surface area contributed by atoms with Crippen LogP contribution in [-0.2, 0) is 0 Å². The van der Waals surface area contributed by atoms with Gasteiger partial charge in [0.1, 0.15) is 11.5 Å². The Bertz CT molecular complexity index is 606. The van der Waals surface area contributed by atoms with Crippen molar-refractivity contribution in [3.8, 4) is 0 Å². The highest BCUT2D eigenvalue weighted by Crippen LogP contribution is 2.19. The van der Waals surface area contributed by atoms with Gasteiger partial charge in [-0.3, -0.25) is 4.79 Å². The number of hydrogen-bond donors (Lipinski definition) is 2. The van der Waals surface area contributed by atoms with E-state index in [4.69, 9.17) is 0 Å². The second-order valence-electron chi connectivity index (χ2n) is 4.74. The van der Waals surface area contributed by atoms with Crippen LogP contribution in [0.5, 0.6) is 0 Å². The predicted molar refractivity (Wildman–Crippen MR) is 82.1 cm³/mol. The molecule has 2 N–H and O–H groups in total. The molecule has 0 aliphatic carbocycles. The van der Waals surface area contributed by atoms with Crippen molar-refractivity contribution in [2.45, 2.75) is 20.3 Å². The predicted octanol–water partition coefficient (Wildman–Crippen LogP) is 3.60. The monoisotopic (exact) mass is 287 g/mol. The standard InChI is InChI=1S/C16H18FN3O/c1-3-9-18-12-7-8-14(19-10-12)16(21)20-15-11(2)5-4-6-13(15)17/h4-8,10,18H,3,9H2,1-2H3,(H,20,21). The molecule has 0 radical (unpaired) electrons. The lowest BCUT2D eigenvalue weighted by Gasteiger charge is -2.09. The topological polar surface area (TPSA) is 54.0 Å². The van der Waals surface area contributed by atoms with Gasteiger partial charge in [0.05, 0.1) is 17.6 Å². The van der Waals surface area contributed by atoms with Crippen LogP contribution in [0.2, 0.25) is 0 Å². The molecular formula is C16H18FN3O. The molecule has 1 aromatic heterocycles. The van der Waals surface area contributed by atoms with Crippen LogP contribution in [0.1, 0.15) is 29.4 Å². The van der Waals surface area contributed by atoms with Crippen molar-refractivity contribution in [1.82, 2.24) is 4.98 Å². The fourth-order valence-electron chi connectivity index (χ4n) is 1.87. The van der Waals surface area contributed by atoms with Gasteiger partial charge in [0.2, 0.25) is 0 Å². The van der Waals surface area contributed by atoms with E-state index in [2.05, 4.69) is 22.5 Å². The van der Waals surface area contributed by atoms with Crippen molar-refractivity contribution in [2.24, 2.45) is 0 Å². The molecule has 0 atom stereocenters. The molecule has 0 aliphatic heterocycles. The fourth-order valence-corrected chi connectivity index (χ4v) is 1.87. The van der Waals surface area contributed by atoms with Crippen LogP contribution in [0, 0.1) is 12.7 Å². The number of rotatable bonds is 5. The van der Waals surface area contributed by atoms with Crippen molar-refractivity contribution in [3.05, 3.63) is 53.6 Å². The van der Waals surface area contributed by atoms with E-state index < -0.39 is 11.7 Å². The summed E-state index contributed by atoms with van der Waals surface area (Å²) in [6.45, 7) is 4.66. The highest BCUT2D eigenvalue weighted by Gasteiger charge is 2.12. The number of benzene rings is 1. The molecule has 0 fully saturated rings. The summed E-state index contributed by atoms with van der Waals surface area (Å²) in [4.78, 5) is 16.2. The number of para-hydroxylation sites is 1. The van der Waals surface area contributed by atoms with E-state index >= 15 is 0 Å². The number of halogens is 1. The molecule has 110 valence electrons. The number of amides is 1. The van der Waals surface area contributed by atoms with E-state index in [0.29, 0.717) is 5.56 Å². The number of aryl methyl sites for hydroxylation is 1.